The van der Waals surface area contributed by atoms with Crippen LogP contribution in [0.2, 0.25) is 0 Å². The lowest BCUT2D eigenvalue weighted by molar-refractivity contribution is -0.204. The second-order valence-corrected chi connectivity index (χ2v) is 5.72. The highest BCUT2D eigenvalue weighted by Gasteiger charge is 2.41. The fraction of sp³-hybridized carbons (Fsp3) is 0.235. The Hall–Kier alpha value is -2.30. The number of ether oxygens (including phenoxy) is 1. The molecule has 1 atom stereocenters. The Labute approximate surface area is 141 Å². The maximum Gasteiger partial charge on any atom is 0.490 e. The van der Waals surface area contributed by atoms with E-state index in [0.717, 1.165) is 16.7 Å². The molecule has 7 heteroatoms. The van der Waals surface area contributed by atoms with Crippen molar-refractivity contribution in [3.8, 4) is 11.8 Å². The molecule has 0 spiro atoms. The minimum Gasteiger partial charge on any atom is -0.440 e. The third kappa shape index (κ3) is 5.72. The van der Waals surface area contributed by atoms with E-state index in [9.17, 15) is 18.0 Å². The zero-order valence-corrected chi connectivity index (χ0v) is 13.3. The number of aryl methyl sites for hydroxylation is 1. The molecule has 0 bridgehead atoms. The molecule has 1 heterocycles. The third-order valence-corrected chi connectivity index (χ3v) is 3.69. The summed E-state index contributed by atoms with van der Waals surface area (Å²) in [4.78, 5) is 10.7. The van der Waals surface area contributed by atoms with Gasteiger partial charge in [0.25, 0.3) is 0 Å². The van der Waals surface area contributed by atoms with Gasteiger partial charge in [-0.2, -0.15) is 24.5 Å². The molecule has 3 nitrogen and oxygen atoms in total. The first kappa shape index (κ1) is 18.0. The van der Waals surface area contributed by atoms with E-state index in [0.29, 0.717) is 6.42 Å². The molecule has 0 aliphatic heterocycles. The molecule has 0 aliphatic carbocycles. The summed E-state index contributed by atoms with van der Waals surface area (Å²) < 4.78 is 40.4. The number of thiophene rings is 1. The molecular weight excluding hydrogens is 339 g/mol. The molecule has 1 aromatic heterocycles. The van der Waals surface area contributed by atoms with Crippen molar-refractivity contribution in [3.63, 3.8) is 0 Å². The van der Waals surface area contributed by atoms with Crippen molar-refractivity contribution in [2.75, 3.05) is 0 Å². The van der Waals surface area contributed by atoms with E-state index in [4.69, 9.17) is 5.73 Å². The van der Waals surface area contributed by atoms with Crippen molar-refractivity contribution in [1.29, 1.82) is 0 Å². The minimum absolute atomic E-state index is 0.0865. The molecule has 0 radical (unpaired) electrons. The van der Waals surface area contributed by atoms with Crippen LogP contribution in [0.3, 0.4) is 0 Å². The van der Waals surface area contributed by atoms with Crippen molar-refractivity contribution in [2.45, 2.75) is 25.2 Å². The van der Waals surface area contributed by atoms with E-state index in [1.807, 2.05) is 35.0 Å². The lowest BCUT2D eigenvalue weighted by Gasteiger charge is -2.14. The van der Waals surface area contributed by atoms with Gasteiger partial charge in [-0.15, -0.1) is 0 Å². The van der Waals surface area contributed by atoms with E-state index in [2.05, 4.69) is 16.6 Å². The minimum atomic E-state index is -5.03. The summed E-state index contributed by atoms with van der Waals surface area (Å²) in [5, 5.41) is 3.87. The molecule has 2 rings (SSSR count). The first-order chi connectivity index (χ1) is 11.3. The summed E-state index contributed by atoms with van der Waals surface area (Å²) in [5.41, 5.74) is 7.98. The maximum atomic E-state index is 12.1. The zero-order chi connectivity index (χ0) is 17.6. The monoisotopic (exact) mass is 353 g/mol. The zero-order valence-electron chi connectivity index (χ0n) is 12.5. The number of alkyl halides is 3. The number of halogens is 3. The second kappa shape index (κ2) is 7.99. The molecule has 126 valence electrons. The number of nitrogens with two attached hydrogens (primary N) is 1. The van der Waals surface area contributed by atoms with Gasteiger partial charge in [0.1, 0.15) is 0 Å². The van der Waals surface area contributed by atoms with Crippen molar-refractivity contribution >= 4 is 17.3 Å². The third-order valence-electron chi connectivity index (χ3n) is 3.01. The predicted molar refractivity (Wildman–Crippen MR) is 85.2 cm³/mol. The lowest BCUT2D eigenvalue weighted by Crippen LogP contribution is -2.34. The van der Waals surface area contributed by atoms with Crippen LogP contribution in [-0.2, 0) is 16.0 Å². The van der Waals surface area contributed by atoms with Gasteiger partial charge in [0.15, 0.2) is 6.23 Å². The normalized spacial score (nSPS) is 12.2. The second-order valence-electron chi connectivity index (χ2n) is 4.94. The molecule has 0 saturated heterocycles. The van der Waals surface area contributed by atoms with E-state index in [1.54, 1.807) is 17.4 Å². The standard InChI is InChI=1S/C17H14F3NO2S/c18-17(19,20)16(22)23-15(21)7-6-13-3-1-2-12(10-13)4-5-14-8-9-24-11-14/h1-3,8-11,15H,6-7,21H2. The molecule has 0 fully saturated rings. The van der Waals surface area contributed by atoms with Crippen LogP contribution in [0, 0.1) is 11.8 Å². The SMILES string of the molecule is NC(CCc1cccc(C#Cc2ccsc2)c1)OC(=O)C(F)(F)F. The summed E-state index contributed by atoms with van der Waals surface area (Å²) in [6, 6.07) is 9.20. The Morgan fingerprint density at radius 1 is 1.25 bits per heavy atom. The molecule has 0 amide bonds. The Morgan fingerprint density at radius 3 is 2.67 bits per heavy atom. The smallest absolute Gasteiger partial charge is 0.440 e. The van der Waals surface area contributed by atoms with Gasteiger partial charge in [-0.25, -0.2) is 4.79 Å². The van der Waals surface area contributed by atoms with Crippen LogP contribution in [-0.4, -0.2) is 18.4 Å². The molecule has 1 aromatic carbocycles. The number of hydrogen-bond acceptors (Lipinski definition) is 4. The van der Waals surface area contributed by atoms with Gasteiger partial charge >= 0.3 is 12.1 Å². The van der Waals surface area contributed by atoms with Crippen LogP contribution < -0.4 is 5.73 Å². The molecule has 2 aromatic rings. The summed E-state index contributed by atoms with van der Waals surface area (Å²) in [6.07, 6.45) is -5.88. The highest BCUT2D eigenvalue weighted by atomic mass is 32.1. The van der Waals surface area contributed by atoms with Gasteiger partial charge in [0.05, 0.1) is 0 Å². The van der Waals surface area contributed by atoms with Crippen molar-refractivity contribution < 1.29 is 22.7 Å². The number of carbonyl (C=O) groups excluding carboxylic acids is 1. The quantitative estimate of drug-likeness (QED) is 0.520. The highest BCUT2D eigenvalue weighted by Crippen LogP contribution is 2.18. The van der Waals surface area contributed by atoms with Gasteiger partial charge in [-0.1, -0.05) is 24.0 Å². The lowest BCUT2D eigenvalue weighted by atomic mass is 10.1. The van der Waals surface area contributed by atoms with E-state index >= 15 is 0 Å². The fourth-order valence-corrected chi connectivity index (χ4v) is 2.44. The molecule has 24 heavy (non-hydrogen) atoms. The average Bonchev–Trinajstić information content (AvgIpc) is 3.04. The molecule has 2 N–H and O–H groups in total. The fourth-order valence-electron chi connectivity index (χ4n) is 1.86. The first-order valence-corrected chi connectivity index (χ1v) is 7.95. The number of rotatable bonds is 4. The summed E-state index contributed by atoms with van der Waals surface area (Å²) in [6.45, 7) is 0. The van der Waals surface area contributed by atoms with Crippen LogP contribution >= 0.6 is 11.3 Å². The van der Waals surface area contributed by atoms with Crippen LogP contribution in [0.15, 0.2) is 41.1 Å². The summed E-state index contributed by atoms with van der Waals surface area (Å²) in [5.74, 6) is 3.76. The van der Waals surface area contributed by atoms with Gasteiger partial charge in [-0.05, 0) is 35.6 Å². The Kier molecular flexibility index (Phi) is 6.01. The van der Waals surface area contributed by atoms with Crippen molar-refractivity contribution in [1.82, 2.24) is 0 Å². The predicted octanol–water partition coefficient (Wildman–Crippen LogP) is 3.47. The number of esters is 1. The van der Waals surface area contributed by atoms with Gasteiger partial charge in [0.2, 0.25) is 0 Å². The summed E-state index contributed by atoms with van der Waals surface area (Å²) in [7, 11) is 0. The molecular formula is C17H14F3NO2S. The molecule has 1 unspecified atom stereocenters. The van der Waals surface area contributed by atoms with Crippen molar-refractivity contribution in [3.05, 3.63) is 57.8 Å². The number of carbonyl (C=O) groups is 1. The van der Waals surface area contributed by atoms with E-state index < -0.39 is 18.4 Å². The van der Waals surface area contributed by atoms with E-state index in [1.165, 1.54) is 0 Å². The van der Waals surface area contributed by atoms with Gasteiger partial charge in [0, 0.05) is 22.9 Å². The van der Waals surface area contributed by atoms with Crippen molar-refractivity contribution in [2.24, 2.45) is 5.73 Å². The Bertz CT molecular complexity index is 745. The topological polar surface area (TPSA) is 52.3 Å². The number of benzene rings is 1. The largest absolute Gasteiger partial charge is 0.490 e. The summed E-state index contributed by atoms with van der Waals surface area (Å²) >= 11 is 1.56. The average molecular weight is 353 g/mol. The van der Waals surface area contributed by atoms with Crippen LogP contribution in [0.25, 0.3) is 0 Å². The molecule has 0 aliphatic rings. The Balaban J connectivity index is 1.91. The molecule has 0 saturated carbocycles. The van der Waals surface area contributed by atoms with Gasteiger partial charge in [-0.3, -0.25) is 5.73 Å². The Morgan fingerprint density at radius 2 is 2.00 bits per heavy atom. The van der Waals surface area contributed by atoms with E-state index in [-0.39, 0.29) is 6.42 Å². The van der Waals surface area contributed by atoms with Crippen LogP contribution in [0.4, 0.5) is 13.2 Å². The van der Waals surface area contributed by atoms with Crippen LogP contribution in [0.5, 0.6) is 0 Å². The van der Waals surface area contributed by atoms with Crippen LogP contribution in [0.1, 0.15) is 23.1 Å². The maximum absolute atomic E-state index is 12.1. The highest BCUT2D eigenvalue weighted by molar-refractivity contribution is 7.08. The number of hydrogen-bond donors (Lipinski definition) is 1. The first-order valence-electron chi connectivity index (χ1n) is 7.01. The van der Waals surface area contributed by atoms with Gasteiger partial charge < -0.3 is 4.74 Å².